The minimum atomic E-state index is -0.347. The smallest absolute Gasteiger partial charge is 0.263 e. The molecule has 0 aliphatic carbocycles. The van der Waals surface area contributed by atoms with Gasteiger partial charge in [0.15, 0.2) is 0 Å². The summed E-state index contributed by atoms with van der Waals surface area (Å²) in [6.45, 7) is 0. The minimum absolute atomic E-state index is 0.0672. The fourth-order valence-corrected chi connectivity index (χ4v) is 4.29. The maximum absolute atomic E-state index is 13.3. The molecule has 0 saturated carbocycles. The molecular weight excluding hydrogens is 291 g/mol. The highest BCUT2D eigenvalue weighted by molar-refractivity contribution is 7.21. The number of ether oxygens (including phenoxy) is 1. The molecule has 1 amide bonds. The van der Waals surface area contributed by atoms with Crippen molar-refractivity contribution in [3.05, 3.63) is 28.9 Å². The van der Waals surface area contributed by atoms with E-state index < -0.39 is 0 Å². The molecule has 3 N–H and O–H groups in total. The van der Waals surface area contributed by atoms with Crippen molar-refractivity contribution in [3.8, 4) is 0 Å². The van der Waals surface area contributed by atoms with E-state index in [9.17, 15) is 9.18 Å². The van der Waals surface area contributed by atoms with Crippen LogP contribution in [0.1, 0.15) is 28.9 Å². The fourth-order valence-electron chi connectivity index (χ4n) is 3.28. The van der Waals surface area contributed by atoms with Crippen molar-refractivity contribution in [2.24, 2.45) is 0 Å². The van der Waals surface area contributed by atoms with E-state index in [0.717, 1.165) is 24.0 Å². The van der Waals surface area contributed by atoms with Gasteiger partial charge in [-0.1, -0.05) is 0 Å². The first-order valence-corrected chi connectivity index (χ1v) is 7.87. The molecule has 0 radical (unpaired) electrons. The molecule has 4 nitrogen and oxygen atoms in total. The summed E-state index contributed by atoms with van der Waals surface area (Å²) < 4.78 is 19.8. The second-order valence-electron chi connectivity index (χ2n) is 5.67. The van der Waals surface area contributed by atoms with E-state index in [2.05, 4.69) is 5.32 Å². The van der Waals surface area contributed by atoms with E-state index in [1.54, 1.807) is 6.07 Å². The number of nitrogens with two attached hydrogens (primary N) is 1. The fraction of sp³-hybridized carbons (Fsp3) is 0.400. The molecule has 110 valence electrons. The molecule has 1 aromatic heterocycles. The summed E-state index contributed by atoms with van der Waals surface area (Å²) in [5, 5.41) is 3.62. The first kappa shape index (κ1) is 13.0. The molecule has 3 heterocycles. The summed E-state index contributed by atoms with van der Waals surface area (Å²) in [7, 11) is 0. The number of nitrogens with one attached hydrogen (secondary N) is 1. The third kappa shape index (κ3) is 2.10. The molecule has 6 heteroatoms. The zero-order chi connectivity index (χ0) is 14.6. The first-order chi connectivity index (χ1) is 10.1. The van der Waals surface area contributed by atoms with Crippen molar-refractivity contribution in [2.75, 3.05) is 5.73 Å². The van der Waals surface area contributed by atoms with Crippen LogP contribution in [0.2, 0.25) is 0 Å². The van der Waals surface area contributed by atoms with Gasteiger partial charge in [-0.25, -0.2) is 4.39 Å². The second-order valence-corrected chi connectivity index (χ2v) is 6.73. The number of hydrogen-bond donors (Lipinski definition) is 2. The Hall–Kier alpha value is -1.66. The largest absolute Gasteiger partial charge is 0.397 e. The maximum Gasteiger partial charge on any atom is 0.263 e. The Balaban J connectivity index is 1.61. The van der Waals surface area contributed by atoms with Gasteiger partial charge in [0.05, 0.1) is 23.9 Å². The number of thiophene rings is 1. The summed E-state index contributed by atoms with van der Waals surface area (Å²) in [6, 6.07) is 4.48. The SMILES string of the molecule is Nc1c(C(=O)NC2CC3CCC2O3)sc2ccc(F)cc12. The van der Waals surface area contributed by atoms with Gasteiger partial charge in [0.25, 0.3) is 5.91 Å². The van der Waals surface area contributed by atoms with Gasteiger partial charge in [0, 0.05) is 10.1 Å². The number of amides is 1. The number of halogens is 1. The summed E-state index contributed by atoms with van der Waals surface area (Å²) >= 11 is 1.30. The Labute approximate surface area is 125 Å². The van der Waals surface area contributed by atoms with Gasteiger partial charge in [0.1, 0.15) is 10.7 Å². The predicted octanol–water partition coefficient (Wildman–Crippen LogP) is 2.67. The monoisotopic (exact) mass is 306 g/mol. The third-order valence-electron chi connectivity index (χ3n) is 4.32. The van der Waals surface area contributed by atoms with Crippen LogP contribution in [0.4, 0.5) is 10.1 Å². The van der Waals surface area contributed by atoms with Gasteiger partial charge in [-0.3, -0.25) is 4.79 Å². The minimum Gasteiger partial charge on any atom is -0.397 e. The molecule has 21 heavy (non-hydrogen) atoms. The lowest BCUT2D eigenvalue weighted by Gasteiger charge is -2.19. The van der Waals surface area contributed by atoms with Crippen LogP contribution in [0.25, 0.3) is 10.1 Å². The van der Waals surface area contributed by atoms with Crippen molar-refractivity contribution in [1.82, 2.24) is 5.32 Å². The summed E-state index contributed by atoms with van der Waals surface area (Å²) in [5.74, 6) is -0.532. The zero-order valence-corrected chi connectivity index (χ0v) is 12.1. The number of carbonyl (C=O) groups excluding carboxylic acids is 1. The number of benzene rings is 1. The molecule has 2 aliphatic heterocycles. The van der Waals surface area contributed by atoms with E-state index in [-0.39, 0.29) is 30.0 Å². The standard InChI is InChI=1S/C15H15FN2O2S/c16-7-1-4-12-9(5-7)13(17)14(21-12)15(19)18-10-6-8-2-3-11(10)20-8/h1,4-5,8,10-11H,2-3,6,17H2,(H,18,19). The highest BCUT2D eigenvalue weighted by atomic mass is 32.1. The number of carbonyl (C=O) groups is 1. The summed E-state index contributed by atoms with van der Waals surface area (Å²) in [4.78, 5) is 12.9. The van der Waals surface area contributed by atoms with Crippen molar-refractivity contribution >= 4 is 33.0 Å². The van der Waals surface area contributed by atoms with E-state index in [1.807, 2.05) is 0 Å². The molecular formula is C15H15FN2O2S. The highest BCUT2D eigenvalue weighted by Crippen LogP contribution is 2.36. The average molecular weight is 306 g/mol. The normalized spacial score (nSPS) is 27.4. The average Bonchev–Trinajstić information content (AvgIpc) is 3.14. The van der Waals surface area contributed by atoms with E-state index in [1.165, 1.54) is 23.5 Å². The van der Waals surface area contributed by atoms with Crippen LogP contribution in [0.5, 0.6) is 0 Å². The third-order valence-corrected chi connectivity index (χ3v) is 5.50. The van der Waals surface area contributed by atoms with E-state index in [0.29, 0.717) is 16.0 Å². The van der Waals surface area contributed by atoms with Crippen molar-refractivity contribution in [1.29, 1.82) is 0 Å². The Morgan fingerprint density at radius 3 is 3.00 bits per heavy atom. The van der Waals surface area contributed by atoms with Gasteiger partial charge in [0.2, 0.25) is 0 Å². The Kier molecular flexibility index (Phi) is 2.90. The van der Waals surface area contributed by atoms with Gasteiger partial charge < -0.3 is 15.8 Å². The van der Waals surface area contributed by atoms with Crippen LogP contribution in [-0.2, 0) is 4.74 Å². The molecule has 2 saturated heterocycles. The van der Waals surface area contributed by atoms with Gasteiger partial charge in [-0.2, -0.15) is 0 Å². The number of fused-ring (bicyclic) bond motifs is 3. The van der Waals surface area contributed by atoms with Crippen LogP contribution in [0, 0.1) is 5.82 Å². The van der Waals surface area contributed by atoms with Crippen molar-refractivity contribution in [2.45, 2.75) is 37.5 Å². The maximum atomic E-state index is 13.3. The van der Waals surface area contributed by atoms with Crippen LogP contribution >= 0.6 is 11.3 Å². The predicted molar refractivity (Wildman–Crippen MR) is 80.0 cm³/mol. The van der Waals surface area contributed by atoms with Crippen LogP contribution in [0.3, 0.4) is 0 Å². The number of nitrogen functional groups attached to an aromatic ring is 1. The topological polar surface area (TPSA) is 64.4 Å². The van der Waals surface area contributed by atoms with Crippen LogP contribution in [0.15, 0.2) is 18.2 Å². The van der Waals surface area contributed by atoms with Crippen LogP contribution in [-0.4, -0.2) is 24.2 Å². The Bertz CT molecular complexity index is 730. The zero-order valence-electron chi connectivity index (χ0n) is 11.3. The molecule has 2 bridgehead atoms. The van der Waals surface area contributed by atoms with Gasteiger partial charge in [-0.15, -0.1) is 11.3 Å². The first-order valence-electron chi connectivity index (χ1n) is 7.05. The molecule has 2 fully saturated rings. The molecule has 1 aromatic carbocycles. The Morgan fingerprint density at radius 1 is 1.43 bits per heavy atom. The van der Waals surface area contributed by atoms with E-state index in [4.69, 9.17) is 10.5 Å². The molecule has 3 unspecified atom stereocenters. The van der Waals surface area contributed by atoms with Crippen LogP contribution < -0.4 is 11.1 Å². The second kappa shape index (κ2) is 4.68. The molecule has 3 atom stereocenters. The highest BCUT2D eigenvalue weighted by Gasteiger charge is 2.41. The number of rotatable bonds is 2. The lowest BCUT2D eigenvalue weighted by Crippen LogP contribution is -2.41. The lowest BCUT2D eigenvalue weighted by molar-refractivity contribution is 0.0844. The van der Waals surface area contributed by atoms with Crippen molar-refractivity contribution in [3.63, 3.8) is 0 Å². The molecule has 2 aliphatic rings. The van der Waals surface area contributed by atoms with Crippen molar-refractivity contribution < 1.29 is 13.9 Å². The number of anilines is 1. The lowest BCUT2D eigenvalue weighted by atomic mass is 9.95. The molecule has 4 rings (SSSR count). The Morgan fingerprint density at radius 2 is 2.29 bits per heavy atom. The molecule has 0 spiro atoms. The summed E-state index contributed by atoms with van der Waals surface area (Å²) in [5.41, 5.74) is 6.37. The quantitative estimate of drug-likeness (QED) is 0.896. The van der Waals surface area contributed by atoms with Gasteiger partial charge >= 0.3 is 0 Å². The van der Waals surface area contributed by atoms with Gasteiger partial charge in [-0.05, 0) is 37.5 Å². The number of hydrogen-bond acceptors (Lipinski definition) is 4. The summed E-state index contributed by atoms with van der Waals surface area (Å²) in [6.07, 6.45) is 3.38. The van der Waals surface area contributed by atoms with E-state index >= 15 is 0 Å². The molecule has 2 aromatic rings.